The van der Waals surface area contributed by atoms with Crippen molar-refractivity contribution in [3.8, 4) is 0 Å². The van der Waals surface area contributed by atoms with Crippen LogP contribution >= 0.6 is 0 Å². The van der Waals surface area contributed by atoms with E-state index in [9.17, 15) is 9.90 Å². The van der Waals surface area contributed by atoms with Crippen molar-refractivity contribution in [2.24, 2.45) is 0 Å². The Labute approximate surface area is 97.6 Å². The van der Waals surface area contributed by atoms with Crippen LogP contribution in [0.1, 0.15) is 51.4 Å². The first-order valence-corrected chi connectivity index (χ1v) is 6.05. The summed E-state index contributed by atoms with van der Waals surface area (Å²) >= 11 is 0. The molecule has 1 atom stereocenters. The second kappa shape index (κ2) is 10.9. The summed E-state index contributed by atoms with van der Waals surface area (Å²) in [5.41, 5.74) is 0. The molecule has 4 nitrogen and oxygen atoms in total. The van der Waals surface area contributed by atoms with E-state index in [4.69, 9.17) is 9.84 Å². The predicted molar refractivity (Wildman–Crippen MR) is 62.5 cm³/mol. The van der Waals surface area contributed by atoms with Gasteiger partial charge in [0.1, 0.15) is 0 Å². The lowest BCUT2D eigenvalue weighted by Gasteiger charge is -2.08. The monoisotopic (exact) mass is 232 g/mol. The first-order chi connectivity index (χ1) is 7.66. The van der Waals surface area contributed by atoms with Crippen LogP contribution in [0.2, 0.25) is 0 Å². The molecule has 1 unspecified atom stereocenters. The first kappa shape index (κ1) is 15.4. The Bertz CT molecular complexity index is 170. The second-order valence-corrected chi connectivity index (χ2v) is 4.16. The molecule has 0 bridgehead atoms. The molecule has 0 aliphatic heterocycles. The van der Waals surface area contributed by atoms with Crippen LogP contribution in [0.15, 0.2) is 0 Å². The van der Waals surface area contributed by atoms with E-state index in [1.54, 1.807) is 7.11 Å². The standard InChI is InChI=1S/C12H24O4/c1-16-10-11(13)8-6-4-2-3-5-7-9-12(14)15/h11,13H,2-10H2,1H3,(H,14,15). The number of ether oxygens (including phenoxy) is 1. The molecule has 0 spiro atoms. The number of carbonyl (C=O) groups is 1. The minimum Gasteiger partial charge on any atom is -0.481 e. The molecule has 0 aromatic carbocycles. The van der Waals surface area contributed by atoms with E-state index < -0.39 is 5.97 Å². The predicted octanol–water partition coefficient (Wildman–Crippen LogP) is 2.20. The topological polar surface area (TPSA) is 66.8 Å². The summed E-state index contributed by atoms with van der Waals surface area (Å²) in [4.78, 5) is 10.2. The van der Waals surface area contributed by atoms with Crippen molar-refractivity contribution in [2.45, 2.75) is 57.5 Å². The number of carboxylic acids is 1. The van der Waals surface area contributed by atoms with Crippen LogP contribution in [-0.4, -0.2) is 36.0 Å². The van der Waals surface area contributed by atoms with Gasteiger partial charge in [-0.3, -0.25) is 4.79 Å². The van der Waals surface area contributed by atoms with Crippen LogP contribution in [-0.2, 0) is 9.53 Å². The number of hydrogen-bond donors (Lipinski definition) is 2. The van der Waals surface area contributed by atoms with Crippen molar-refractivity contribution < 1.29 is 19.7 Å². The Kier molecular flexibility index (Phi) is 10.5. The summed E-state index contributed by atoms with van der Waals surface area (Å²) in [5.74, 6) is -0.706. The van der Waals surface area contributed by atoms with Crippen LogP contribution in [0.4, 0.5) is 0 Å². The highest BCUT2D eigenvalue weighted by Gasteiger charge is 2.02. The number of aliphatic hydroxyl groups is 1. The second-order valence-electron chi connectivity index (χ2n) is 4.16. The van der Waals surface area contributed by atoms with Gasteiger partial charge in [0.15, 0.2) is 0 Å². The smallest absolute Gasteiger partial charge is 0.303 e. The molecule has 0 aliphatic rings. The fourth-order valence-corrected chi connectivity index (χ4v) is 1.64. The highest BCUT2D eigenvalue weighted by molar-refractivity contribution is 5.66. The summed E-state index contributed by atoms with van der Waals surface area (Å²) in [5, 5.41) is 17.8. The van der Waals surface area contributed by atoms with E-state index in [0.29, 0.717) is 6.61 Å². The molecule has 4 heteroatoms. The highest BCUT2D eigenvalue weighted by atomic mass is 16.5. The van der Waals surface area contributed by atoms with Crippen molar-refractivity contribution in [3.05, 3.63) is 0 Å². The Morgan fingerprint density at radius 3 is 2.25 bits per heavy atom. The summed E-state index contributed by atoms with van der Waals surface area (Å²) in [6, 6.07) is 0. The molecule has 16 heavy (non-hydrogen) atoms. The molecular weight excluding hydrogens is 208 g/mol. The molecule has 0 aliphatic carbocycles. The molecule has 2 N–H and O–H groups in total. The lowest BCUT2D eigenvalue weighted by molar-refractivity contribution is -0.137. The molecule has 0 heterocycles. The number of hydrogen-bond acceptors (Lipinski definition) is 3. The van der Waals surface area contributed by atoms with Crippen LogP contribution < -0.4 is 0 Å². The van der Waals surface area contributed by atoms with E-state index in [1.807, 2.05) is 0 Å². The SMILES string of the molecule is COCC(O)CCCCCCCCC(=O)O. The average molecular weight is 232 g/mol. The largest absolute Gasteiger partial charge is 0.481 e. The summed E-state index contributed by atoms with van der Waals surface area (Å²) in [7, 11) is 1.59. The lowest BCUT2D eigenvalue weighted by Crippen LogP contribution is -2.13. The van der Waals surface area contributed by atoms with Crippen molar-refractivity contribution in [2.75, 3.05) is 13.7 Å². The molecule has 0 rings (SSSR count). The maximum absolute atomic E-state index is 10.2. The van der Waals surface area contributed by atoms with E-state index in [2.05, 4.69) is 0 Å². The Hall–Kier alpha value is -0.610. The molecule has 0 aromatic rings. The summed E-state index contributed by atoms with van der Waals surface area (Å²) in [6.07, 6.45) is 6.85. The van der Waals surface area contributed by atoms with Gasteiger partial charge in [-0.05, 0) is 12.8 Å². The third-order valence-electron chi connectivity index (χ3n) is 2.54. The van der Waals surface area contributed by atoms with Crippen LogP contribution in [0.3, 0.4) is 0 Å². The zero-order chi connectivity index (χ0) is 12.2. The number of aliphatic carboxylic acids is 1. The maximum atomic E-state index is 10.2. The molecule has 0 saturated heterocycles. The number of rotatable bonds is 11. The molecule has 96 valence electrons. The fourth-order valence-electron chi connectivity index (χ4n) is 1.64. The van der Waals surface area contributed by atoms with Crippen LogP contribution in [0.25, 0.3) is 0 Å². The minimum atomic E-state index is -0.706. The van der Waals surface area contributed by atoms with Gasteiger partial charge in [-0.25, -0.2) is 0 Å². The minimum absolute atomic E-state index is 0.284. The van der Waals surface area contributed by atoms with Crippen molar-refractivity contribution >= 4 is 5.97 Å². The van der Waals surface area contributed by atoms with Gasteiger partial charge in [-0.15, -0.1) is 0 Å². The van der Waals surface area contributed by atoms with Gasteiger partial charge in [0.05, 0.1) is 12.7 Å². The van der Waals surface area contributed by atoms with Crippen LogP contribution in [0, 0.1) is 0 Å². The van der Waals surface area contributed by atoms with Gasteiger partial charge in [0.2, 0.25) is 0 Å². The van der Waals surface area contributed by atoms with Crippen LogP contribution in [0.5, 0.6) is 0 Å². The van der Waals surface area contributed by atoms with E-state index in [-0.39, 0.29) is 12.5 Å². The normalized spacial score (nSPS) is 12.6. The van der Waals surface area contributed by atoms with Gasteiger partial charge in [0, 0.05) is 13.5 Å². The number of unbranched alkanes of at least 4 members (excludes halogenated alkanes) is 5. The number of methoxy groups -OCH3 is 1. The molecule has 0 radical (unpaired) electrons. The van der Waals surface area contributed by atoms with Gasteiger partial charge in [-0.2, -0.15) is 0 Å². The molecular formula is C12H24O4. The van der Waals surface area contributed by atoms with Crippen molar-refractivity contribution in [3.63, 3.8) is 0 Å². The average Bonchev–Trinajstić information content (AvgIpc) is 2.22. The van der Waals surface area contributed by atoms with Gasteiger partial charge in [0.25, 0.3) is 0 Å². The Morgan fingerprint density at radius 2 is 1.69 bits per heavy atom. The summed E-state index contributed by atoms with van der Waals surface area (Å²) < 4.78 is 4.83. The third kappa shape index (κ3) is 11.5. The molecule has 0 amide bonds. The van der Waals surface area contributed by atoms with Gasteiger partial charge < -0.3 is 14.9 Å². The number of carboxylic acid groups (broad SMARTS) is 1. The lowest BCUT2D eigenvalue weighted by atomic mass is 10.1. The zero-order valence-corrected chi connectivity index (χ0v) is 10.2. The van der Waals surface area contributed by atoms with Gasteiger partial charge >= 0.3 is 5.97 Å². The zero-order valence-electron chi connectivity index (χ0n) is 10.2. The van der Waals surface area contributed by atoms with E-state index in [0.717, 1.165) is 44.9 Å². The number of aliphatic hydroxyl groups excluding tert-OH is 1. The van der Waals surface area contributed by atoms with Crippen molar-refractivity contribution in [1.29, 1.82) is 0 Å². The quantitative estimate of drug-likeness (QED) is 0.536. The third-order valence-corrected chi connectivity index (χ3v) is 2.54. The molecule has 0 saturated carbocycles. The molecule has 0 fully saturated rings. The maximum Gasteiger partial charge on any atom is 0.303 e. The highest BCUT2D eigenvalue weighted by Crippen LogP contribution is 2.09. The fraction of sp³-hybridized carbons (Fsp3) is 0.917. The first-order valence-electron chi connectivity index (χ1n) is 6.05. The summed E-state index contributed by atoms with van der Waals surface area (Å²) in [6.45, 7) is 0.415. The Balaban J connectivity index is 3.06. The van der Waals surface area contributed by atoms with Gasteiger partial charge in [-0.1, -0.05) is 32.1 Å². The van der Waals surface area contributed by atoms with Crippen molar-refractivity contribution in [1.82, 2.24) is 0 Å². The molecule has 0 aromatic heterocycles. The van der Waals surface area contributed by atoms with E-state index in [1.165, 1.54) is 0 Å². The Morgan fingerprint density at radius 1 is 1.12 bits per heavy atom. The van der Waals surface area contributed by atoms with E-state index >= 15 is 0 Å².